The van der Waals surface area contributed by atoms with Gasteiger partial charge in [-0.2, -0.15) is 0 Å². The van der Waals surface area contributed by atoms with Gasteiger partial charge in [-0.05, 0) is 37.1 Å². The molecule has 1 aliphatic rings. The van der Waals surface area contributed by atoms with Crippen molar-refractivity contribution in [3.63, 3.8) is 0 Å². The zero-order chi connectivity index (χ0) is 21.4. The molecule has 3 aromatic rings. The fourth-order valence-corrected chi connectivity index (χ4v) is 4.41. The lowest BCUT2D eigenvalue weighted by Gasteiger charge is -2.28. The molecule has 2 aromatic heterocycles. The molecule has 1 amide bonds. The number of amides is 1. The first-order chi connectivity index (χ1) is 14.3. The average Bonchev–Trinajstić information content (AvgIpc) is 3.31. The van der Waals surface area contributed by atoms with Gasteiger partial charge in [0, 0.05) is 30.0 Å². The molecule has 10 heteroatoms. The van der Waals surface area contributed by atoms with Gasteiger partial charge in [-0.25, -0.2) is 17.9 Å². The summed E-state index contributed by atoms with van der Waals surface area (Å²) in [5.74, 6) is -3.46. The number of hydrogen-bond acceptors (Lipinski definition) is 5. The number of nitrogens with zero attached hydrogens (tertiary/aromatic N) is 4. The molecule has 0 fully saturated rings. The molecule has 0 spiro atoms. The maximum Gasteiger partial charge on any atom is 0.224 e. The lowest BCUT2D eigenvalue weighted by atomic mass is 10.0. The van der Waals surface area contributed by atoms with Gasteiger partial charge in [-0.1, -0.05) is 5.21 Å². The fourth-order valence-electron chi connectivity index (χ4n) is 3.54. The highest BCUT2D eigenvalue weighted by Gasteiger charge is 2.27. The number of thiophene rings is 1. The normalized spacial score (nSPS) is 14.6. The SMILES string of the molecule is Cc1ccc(-c2nnn3c2CN(C(=O)C[C@H](N)Cc2cc(F)c(F)cc2F)CC3)s1. The molecule has 0 saturated heterocycles. The van der Waals surface area contributed by atoms with Crippen molar-refractivity contribution < 1.29 is 18.0 Å². The van der Waals surface area contributed by atoms with Crippen LogP contribution in [0.4, 0.5) is 13.2 Å². The van der Waals surface area contributed by atoms with Gasteiger partial charge in [0.25, 0.3) is 0 Å². The van der Waals surface area contributed by atoms with Crippen molar-refractivity contribution in [3.05, 3.63) is 57.9 Å². The highest BCUT2D eigenvalue weighted by atomic mass is 32.1. The molecule has 30 heavy (non-hydrogen) atoms. The van der Waals surface area contributed by atoms with E-state index in [-0.39, 0.29) is 24.3 Å². The fraction of sp³-hybridized carbons (Fsp3) is 0.350. The van der Waals surface area contributed by atoms with E-state index in [1.165, 1.54) is 0 Å². The third-order valence-electron chi connectivity index (χ3n) is 5.09. The molecule has 0 aliphatic carbocycles. The van der Waals surface area contributed by atoms with Gasteiger partial charge in [-0.15, -0.1) is 16.4 Å². The van der Waals surface area contributed by atoms with Crippen LogP contribution < -0.4 is 5.73 Å². The first kappa shape index (κ1) is 20.5. The third kappa shape index (κ3) is 4.10. The van der Waals surface area contributed by atoms with E-state index >= 15 is 0 Å². The number of rotatable bonds is 5. The van der Waals surface area contributed by atoms with Gasteiger partial charge in [0.15, 0.2) is 11.6 Å². The number of benzene rings is 1. The van der Waals surface area contributed by atoms with E-state index in [1.54, 1.807) is 20.9 Å². The summed E-state index contributed by atoms with van der Waals surface area (Å²) < 4.78 is 42.1. The first-order valence-electron chi connectivity index (χ1n) is 9.47. The quantitative estimate of drug-likeness (QED) is 0.625. The highest BCUT2D eigenvalue weighted by Crippen LogP contribution is 2.30. The standard InChI is InChI=1S/C20H20F3N5OS/c1-11-2-3-18(30-11)20-17-10-27(4-5-28(17)26-25-20)19(29)8-13(24)6-12-7-15(22)16(23)9-14(12)21/h2-3,7,9,13H,4-6,8,10,24H2,1H3/t13-/m1/s1. The number of carbonyl (C=O) groups excluding carboxylic acids is 1. The number of aromatic nitrogens is 3. The van der Waals surface area contributed by atoms with Crippen molar-refractivity contribution in [2.24, 2.45) is 5.73 Å². The number of aryl methyl sites for hydroxylation is 1. The van der Waals surface area contributed by atoms with Crippen molar-refractivity contribution in [1.82, 2.24) is 19.9 Å². The highest BCUT2D eigenvalue weighted by molar-refractivity contribution is 7.15. The second kappa shape index (κ2) is 8.19. The Kier molecular flexibility index (Phi) is 5.61. The van der Waals surface area contributed by atoms with Crippen LogP contribution in [0.2, 0.25) is 0 Å². The summed E-state index contributed by atoms with van der Waals surface area (Å²) in [5, 5.41) is 8.45. The molecule has 3 heterocycles. The van der Waals surface area contributed by atoms with Crippen LogP contribution in [-0.4, -0.2) is 38.4 Å². The zero-order valence-electron chi connectivity index (χ0n) is 16.2. The predicted molar refractivity (Wildman–Crippen MR) is 106 cm³/mol. The van der Waals surface area contributed by atoms with Gasteiger partial charge >= 0.3 is 0 Å². The van der Waals surface area contributed by atoms with Crippen LogP contribution >= 0.6 is 11.3 Å². The van der Waals surface area contributed by atoms with Crippen LogP contribution in [0, 0.1) is 24.4 Å². The number of halogens is 3. The van der Waals surface area contributed by atoms with E-state index in [4.69, 9.17) is 5.73 Å². The summed E-state index contributed by atoms with van der Waals surface area (Å²) in [7, 11) is 0. The Labute approximate surface area is 175 Å². The zero-order valence-corrected chi connectivity index (χ0v) is 17.1. The summed E-state index contributed by atoms with van der Waals surface area (Å²) in [6.45, 7) is 3.34. The van der Waals surface area contributed by atoms with Gasteiger partial charge in [0.2, 0.25) is 5.91 Å². The van der Waals surface area contributed by atoms with E-state index in [9.17, 15) is 18.0 Å². The first-order valence-corrected chi connectivity index (χ1v) is 10.3. The van der Waals surface area contributed by atoms with Gasteiger partial charge in [0.05, 0.1) is 23.7 Å². The summed E-state index contributed by atoms with van der Waals surface area (Å²) in [4.78, 5) is 16.6. The Morgan fingerprint density at radius 1 is 1.20 bits per heavy atom. The molecule has 4 rings (SSSR count). The predicted octanol–water partition coefficient (Wildman–Crippen LogP) is 3.03. The Bertz CT molecular complexity index is 1100. The molecule has 158 valence electrons. The monoisotopic (exact) mass is 435 g/mol. The van der Waals surface area contributed by atoms with Crippen LogP contribution in [0.25, 0.3) is 10.6 Å². The molecule has 1 aliphatic heterocycles. The van der Waals surface area contributed by atoms with E-state index in [0.29, 0.717) is 25.7 Å². The number of fused-ring (bicyclic) bond motifs is 1. The van der Waals surface area contributed by atoms with E-state index in [0.717, 1.165) is 27.2 Å². The van der Waals surface area contributed by atoms with Crippen LogP contribution in [0.3, 0.4) is 0 Å². The molecule has 6 nitrogen and oxygen atoms in total. The Balaban J connectivity index is 1.43. The van der Waals surface area contributed by atoms with Crippen LogP contribution in [0.1, 0.15) is 22.6 Å². The maximum atomic E-state index is 13.8. The minimum absolute atomic E-state index is 0.0343. The Hall–Kier alpha value is -2.72. The minimum atomic E-state index is -1.25. The summed E-state index contributed by atoms with van der Waals surface area (Å²) in [6, 6.07) is 4.55. The second-order valence-electron chi connectivity index (χ2n) is 7.36. The van der Waals surface area contributed by atoms with Crippen molar-refractivity contribution in [2.75, 3.05) is 6.54 Å². The lowest BCUT2D eigenvalue weighted by molar-refractivity contribution is -0.133. The number of carbonyl (C=O) groups is 1. The van der Waals surface area contributed by atoms with Crippen LogP contribution in [-0.2, 0) is 24.3 Å². The van der Waals surface area contributed by atoms with E-state index in [1.807, 2.05) is 19.1 Å². The molecule has 1 aromatic carbocycles. The summed E-state index contributed by atoms with van der Waals surface area (Å²) in [6.07, 6.45) is -0.102. The smallest absolute Gasteiger partial charge is 0.224 e. The molecule has 2 N–H and O–H groups in total. The van der Waals surface area contributed by atoms with Crippen molar-refractivity contribution in [2.45, 2.75) is 38.9 Å². The van der Waals surface area contributed by atoms with Crippen molar-refractivity contribution in [1.29, 1.82) is 0 Å². The van der Waals surface area contributed by atoms with Gasteiger partial charge in [0.1, 0.15) is 11.5 Å². The largest absolute Gasteiger partial charge is 0.335 e. The van der Waals surface area contributed by atoms with Gasteiger partial charge in [-0.3, -0.25) is 4.79 Å². The van der Waals surface area contributed by atoms with E-state index in [2.05, 4.69) is 10.3 Å². The summed E-state index contributed by atoms with van der Waals surface area (Å²) in [5.41, 5.74) is 7.58. The second-order valence-corrected chi connectivity index (χ2v) is 8.65. The Morgan fingerprint density at radius 2 is 1.97 bits per heavy atom. The Morgan fingerprint density at radius 3 is 2.70 bits per heavy atom. The lowest BCUT2D eigenvalue weighted by Crippen LogP contribution is -2.41. The molecular weight excluding hydrogens is 415 g/mol. The third-order valence-corrected chi connectivity index (χ3v) is 6.10. The molecule has 0 unspecified atom stereocenters. The molecule has 0 saturated carbocycles. The van der Waals surface area contributed by atoms with Gasteiger partial charge < -0.3 is 10.6 Å². The van der Waals surface area contributed by atoms with Crippen LogP contribution in [0.5, 0.6) is 0 Å². The maximum absolute atomic E-state index is 13.8. The molecule has 1 atom stereocenters. The van der Waals surface area contributed by atoms with Crippen LogP contribution in [0.15, 0.2) is 24.3 Å². The number of hydrogen-bond donors (Lipinski definition) is 1. The minimum Gasteiger partial charge on any atom is -0.335 e. The molecule has 0 bridgehead atoms. The van der Waals surface area contributed by atoms with Crippen molar-refractivity contribution in [3.8, 4) is 10.6 Å². The topological polar surface area (TPSA) is 77.0 Å². The molecular formula is C20H20F3N5OS. The summed E-state index contributed by atoms with van der Waals surface area (Å²) >= 11 is 1.61. The number of nitrogens with two attached hydrogens (primary N) is 1. The average molecular weight is 435 g/mol. The molecule has 0 radical (unpaired) electrons. The van der Waals surface area contributed by atoms with Crippen molar-refractivity contribution >= 4 is 17.2 Å². The van der Waals surface area contributed by atoms with E-state index < -0.39 is 23.5 Å².